The molecule has 25 heavy (non-hydrogen) atoms. The first-order chi connectivity index (χ1) is 11.7. The van der Waals surface area contributed by atoms with Gasteiger partial charge in [-0.25, -0.2) is 4.39 Å². The fraction of sp³-hybridized carbons (Fsp3) is 0.316. The Hall–Kier alpha value is -2.11. The first kappa shape index (κ1) is 19.2. The molecule has 3 rings (SSSR count). The second kappa shape index (κ2) is 8.83. The Morgan fingerprint density at radius 1 is 1.04 bits per heavy atom. The number of benzene rings is 2. The number of para-hydroxylation sites is 2. The number of Topliss-reactive ketones (excluding diaryl/α,β-unsaturated/α-hetero) is 1. The van der Waals surface area contributed by atoms with Crippen LogP contribution >= 0.6 is 12.4 Å². The van der Waals surface area contributed by atoms with Gasteiger partial charge in [0, 0.05) is 31.7 Å². The number of carbonyl (C=O) groups is 1. The zero-order valence-electron chi connectivity index (χ0n) is 14.2. The van der Waals surface area contributed by atoms with Gasteiger partial charge in [-0.05, 0) is 36.4 Å². The molecule has 0 aromatic heterocycles. The smallest absolute Gasteiger partial charge is 0.176 e. The maximum absolute atomic E-state index is 12.9. The Morgan fingerprint density at radius 2 is 1.68 bits per heavy atom. The minimum absolute atomic E-state index is 0. The van der Waals surface area contributed by atoms with Crippen molar-refractivity contribution in [3.05, 3.63) is 59.9 Å². The van der Waals surface area contributed by atoms with E-state index < -0.39 is 0 Å². The lowest BCUT2D eigenvalue weighted by Crippen LogP contribution is -2.48. The largest absolute Gasteiger partial charge is 0.495 e. The number of rotatable bonds is 5. The van der Waals surface area contributed by atoms with E-state index in [2.05, 4.69) is 15.9 Å². The number of methoxy groups -OCH3 is 1. The molecule has 0 spiro atoms. The SMILES string of the molecule is COc1ccccc1N1CCN(CC(=O)c2ccc(F)cc2)CC1.Cl. The van der Waals surface area contributed by atoms with E-state index in [-0.39, 0.29) is 24.0 Å². The number of ketones is 1. The first-order valence-corrected chi connectivity index (χ1v) is 8.06. The molecule has 6 heteroatoms. The molecular weight excluding hydrogens is 343 g/mol. The van der Waals surface area contributed by atoms with Crippen LogP contribution in [0.1, 0.15) is 10.4 Å². The van der Waals surface area contributed by atoms with Gasteiger partial charge >= 0.3 is 0 Å². The molecule has 1 saturated heterocycles. The molecule has 0 amide bonds. The van der Waals surface area contributed by atoms with Crippen LogP contribution in [0.15, 0.2) is 48.5 Å². The van der Waals surface area contributed by atoms with Crippen LogP contribution in [0.2, 0.25) is 0 Å². The lowest BCUT2D eigenvalue weighted by Gasteiger charge is -2.36. The van der Waals surface area contributed by atoms with Gasteiger partial charge in [0.15, 0.2) is 5.78 Å². The fourth-order valence-electron chi connectivity index (χ4n) is 2.97. The average Bonchev–Trinajstić information content (AvgIpc) is 2.63. The van der Waals surface area contributed by atoms with Crippen LogP contribution < -0.4 is 9.64 Å². The molecule has 1 aliphatic heterocycles. The van der Waals surface area contributed by atoms with Gasteiger partial charge in [-0.15, -0.1) is 12.4 Å². The summed E-state index contributed by atoms with van der Waals surface area (Å²) in [6, 6.07) is 13.7. The van der Waals surface area contributed by atoms with Gasteiger partial charge in [-0.3, -0.25) is 9.69 Å². The van der Waals surface area contributed by atoms with E-state index in [1.807, 2.05) is 18.2 Å². The number of anilines is 1. The number of piperazine rings is 1. The van der Waals surface area contributed by atoms with E-state index in [1.165, 1.54) is 12.1 Å². The van der Waals surface area contributed by atoms with Crippen molar-refractivity contribution in [2.45, 2.75) is 0 Å². The van der Waals surface area contributed by atoms with Gasteiger partial charge in [0.2, 0.25) is 0 Å². The highest BCUT2D eigenvalue weighted by Gasteiger charge is 2.21. The van der Waals surface area contributed by atoms with Crippen LogP contribution in [0.3, 0.4) is 0 Å². The third-order valence-electron chi connectivity index (χ3n) is 4.33. The van der Waals surface area contributed by atoms with Crippen LogP contribution in [0.25, 0.3) is 0 Å². The van der Waals surface area contributed by atoms with Crippen LogP contribution in [0, 0.1) is 5.82 Å². The van der Waals surface area contributed by atoms with Gasteiger partial charge in [0.1, 0.15) is 11.6 Å². The lowest BCUT2D eigenvalue weighted by atomic mass is 10.1. The molecule has 0 aliphatic carbocycles. The molecule has 1 fully saturated rings. The van der Waals surface area contributed by atoms with Crippen molar-refractivity contribution in [3.8, 4) is 5.75 Å². The summed E-state index contributed by atoms with van der Waals surface area (Å²) in [5, 5.41) is 0. The van der Waals surface area contributed by atoms with Gasteiger partial charge in [-0.2, -0.15) is 0 Å². The number of hydrogen-bond donors (Lipinski definition) is 0. The van der Waals surface area contributed by atoms with Crippen molar-refractivity contribution >= 4 is 23.9 Å². The van der Waals surface area contributed by atoms with Crippen molar-refractivity contribution in [1.82, 2.24) is 4.90 Å². The molecule has 1 heterocycles. The Labute approximate surface area is 153 Å². The van der Waals surface area contributed by atoms with Crippen molar-refractivity contribution in [2.24, 2.45) is 0 Å². The summed E-state index contributed by atoms with van der Waals surface area (Å²) in [5.41, 5.74) is 1.65. The number of halogens is 2. The summed E-state index contributed by atoms with van der Waals surface area (Å²) >= 11 is 0. The van der Waals surface area contributed by atoms with E-state index in [0.29, 0.717) is 12.1 Å². The summed E-state index contributed by atoms with van der Waals surface area (Å²) in [6.07, 6.45) is 0. The minimum atomic E-state index is -0.322. The summed E-state index contributed by atoms with van der Waals surface area (Å²) in [5.74, 6) is 0.575. The lowest BCUT2D eigenvalue weighted by molar-refractivity contribution is 0.0926. The maximum Gasteiger partial charge on any atom is 0.176 e. The molecule has 0 bridgehead atoms. The summed E-state index contributed by atoms with van der Waals surface area (Å²) in [6.45, 7) is 3.68. The maximum atomic E-state index is 12.9. The highest BCUT2D eigenvalue weighted by Crippen LogP contribution is 2.28. The van der Waals surface area contributed by atoms with Gasteiger partial charge in [-0.1, -0.05) is 12.1 Å². The predicted octanol–water partition coefficient (Wildman–Crippen LogP) is 3.26. The standard InChI is InChI=1S/C19H21FN2O2.ClH/c1-24-19-5-3-2-4-17(19)22-12-10-21(11-13-22)14-18(23)15-6-8-16(20)9-7-15;/h2-9H,10-14H2,1H3;1H. The summed E-state index contributed by atoms with van der Waals surface area (Å²) in [7, 11) is 1.68. The average molecular weight is 365 g/mol. The van der Waals surface area contributed by atoms with E-state index in [9.17, 15) is 9.18 Å². The van der Waals surface area contributed by atoms with E-state index in [0.717, 1.165) is 37.6 Å². The molecular formula is C19H22ClFN2O2. The monoisotopic (exact) mass is 364 g/mol. The number of nitrogens with zero attached hydrogens (tertiary/aromatic N) is 2. The number of hydrogen-bond acceptors (Lipinski definition) is 4. The van der Waals surface area contributed by atoms with Crippen LogP contribution in [0.5, 0.6) is 5.75 Å². The Bertz CT molecular complexity index is 701. The normalized spacial score (nSPS) is 14.7. The number of carbonyl (C=O) groups excluding carboxylic acids is 1. The van der Waals surface area contributed by atoms with Crippen molar-refractivity contribution in [2.75, 3.05) is 44.7 Å². The van der Waals surface area contributed by atoms with Crippen molar-refractivity contribution in [3.63, 3.8) is 0 Å². The highest BCUT2D eigenvalue weighted by atomic mass is 35.5. The Morgan fingerprint density at radius 3 is 2.32 bits per heavy atom. The highest BCUT2D eigenvalue weighted by molar-refractivity contribution is 5.97. The second-order valence-corrected chi connectivity index (χ2v) is 5.87. The first-order valence-electron chi connectivity index (χ1n) is 8.06. The van der Waals surface area contributed by atoms with Crippen LogP contribution in [-0.4, -0.2) is 50.5 Å². The molecule has 0 saturated carbocycles. The molecule has 2 aromatic carbocycles. The van der Waals surface area contributed by atoms with Gasteiger partial charge in [0.05, 0.1) is 19.3 Å². The third-order valence-corrected chi connectivity index (χ3v) is 4.33. The number of ether oxygens (including phenoxy) is 1. The molecule has 0 radical (unpaired) electrons. The topological polar surface area (TPSA) is 32.8 Å². The third kappa shape index (κ3) is 4.71. The van der Waals surface area contributed by atoms with Crippen molar-refractivity contribution in [1.29, 1.82) is 0 Å². The minimum Gasteiger partial charge on any atom is -0.495 e. The van der Waals surface area contributed by atoms with Crippen molar-refractivity contribution < 1.29 is 13.9 Å². The molecule has 2 aromatic rings. The molecule has 0 N–H and O–H groups in total. The van der Waals surface area contributed by atoms with E-state index in [4.69, 9.17) is 4.74 Å². The van der Waals surface area contributed by atoms with Gasteiger partial charge < -0.3 is 9.64 Å². The van der Waals surface area contributed by atoms with Gasteiger partial charge in [0.25, 0.3) is 0 Å². The Kier molecular flexibility index (Phi) is 6.79. The Balaban J connectivity index is 0.00000225. The molecule has 0 atom stereocenters. The zero-order valence-corrected chi connectivity index (χ0v) is 15.0. The quantitative estimate of drug-likeness (QED) is 0.762. The zero-order chi connectivity index (χ0) is 16.9. The molecule has 4 nitrogen and oxygen atoms in total. The van der Waals surface area contributed by atoms with Crippen LogP contribution in [0.4, 0.5) is 10.1 Å². The van der Waals surface area contributed by atoms with Crippen LogP contribution in [-0.2, 0) is 0 Å². The molecule has 0 unspecified atom stereocenters. The predicted molar refractivity (Wildman–Crippen MR) is 99.6 cm³/mol. The molecule has 134 valence electrons. The summed E-state index contributed by atoms with van der Waals surface area (Å²) in [4.78, 5) is 16.7. The fourth-order valence-corrected chi connectivity index (χ4v) is 2.97. The second-order valence-electron chi connectivity index (χ2n) is 5.87. The molecule has 1 aliphatic rings. The van der Waals surface area contributed by atoms with E-state index in [1.54, 1.807) is 19.2 Å². The summed E-state index contributed by atoms with van der Waals surface area (Å²) < 4.78 is 18.4. The van der Waals surface area contributed by atoms with E-state index >= 15 is 0 Å².